The van der Waals surface area contributed by atoms with Gasteiger partial charge in [-0.15, -0.1) is 47.5 Å². The Balaban J connectivity index is 0.000000206. The van der Waals surface area contributed by atoms with Crippen molar-refractivity contribution in [3.63, 3.8) is 0 Å². The molecule has 3 aromatic heterocycles. The van der Waals surface area contributed by atoms with Gasteiger partial charge < -0.3 is 13.6 Å². The molecule has 12 aromatic rings. The first-order valence-electron chi connectivity index (χ1n) is 33.7. The average Bonchev–Trinajstić information content (AvgIpc) is 1.06. The average molecular weight is 1230 g/mol. The van der Waals surface area contributed by atoms with Crippen molar-refractivity contribution in [2.24, 2.45) is 0 Å². The number of nitrogens with zero attached hydrogens (tertiary/aromatic N) is 4. The second-order valence-electron chi connectivity index (χ2n) is 21.0. The smallest absolute Gasteiger partial charge is 0.120 e. The summed E-state index contributed by atoms with van der Waals surface area (Å²) in [6.07, 6.45) is 0. The number of rotatable bonds is 10. The molecule has 9 aromatic carbocycles. The van der Waals surface area contributed by atoms with Crippen molar-refractivity contribution in [3.8, 4) is 56.4 Å². The maximum absolute atomic E-state index is 9.18. The van der Waals surface area contributed by atoms with E-state index < -0.39 is 79.0 Å². The molecule has 5 nitrogen and oxygen atoms in total. The van der Waals surface area contributed by atoms with Gasteiger partial charge in [-0.05, 0) is 80.3 Å². The molecule has 77 heavy (non-hydrogen) atoms. The summed E-state index contributed by atoms with van der Waals surface area (Å²) in [7, 11) is -3.72. The van der Waals surface area contributed by atoms with E-state index in [0.29, 0.717) is 5.56 Å². The molecule has 1 radical (unpaired) electrons. The summed E-state index contributed by atoms with van der Waals surface area (Å²) in [5, 5.41) is 5.10. The van der Waals surface area contributed by atoms with Gasteiger partial charge in [-0.2, -0.15) is 0 Å². The molecule has 0 aliphatic carbocycles. The fraction of sp³-hybridized carbons (Fsp3) is 0.188. The van der Waals surface area contributed by atoms with Gasteiger partial charge in [-0.25, -0.2) is 0 Å². The first kappa shape index (κ1) is 36.0. The van der Waals surface area contributed by atoms with Crippen molar-refractivity contribution in [2.45, 2.75) is 85.3 Å². The molecule has 0 spiro atoms. The molecular formula is C69H66IrN4OSi2-2. The third-order valence-electron chi connectivity index (χ3n) is 13.8. The minimum Gasteiger partial charge on any atom is -0.501 e. The van der Waals surface area contributed by atoms with Crippen molar-refractivity contribution in [3.05, 3.63) is 217 Å². The number of furan rings is 1. The number of hydrogen-bond donors (Lipinski definition) is 0. The second-order valence-corrected chi connectivity index (χ2v) is 31.1. The fourth-order valence-corrected chi connectivity index (χ4v) is 13.4. The number of para-hydroxylation sites is 6. The predicted octanol–water partition coefficient (Wildman–Crippen LogP) is 17.9. The third-order valence-corrected chi connectivity index (χ3v) is 17.8. The maximum atomic E-state index is 9.18. The summed E-state index contributed by atoms with van der Waals surface area (Å²) >= 11 is 0. The summed E-state index contributed by atoms with van der Waals surface area (Å²) < 4.78 is 152. The molecule has 0 bridgehead atoms. The molecule has 0 saturated carbocycles. The van der Waals surface area contributed by atoms with Crippen LogP contribution in [0.5, 0.6) is 0 Å². The fourth-order valence-electron chi connectivity index (χ4n) is 10.2. The normalized spacial score (nSPS) is 16.3. The topological polar surface area (TPSA) is 48.8 Å². The Labute approximate surface area is 494 Å². The maximum Gasteiger partial charge on any atom is 0.120 e. The zero-order valence-corrected chi connectivity index (χ0v) is 47.8. The summed E-state index contributed by atoms with van der Waals surface area (Å²) in [6.45, 7) is -2.30. The van der Waals surface area contributed by atoms with Crippen LogP contribution in [0.25, 0.3) is 100 Å². The zero-order chi connectivity index (χ0) is 67.4. The monoisotopic (exact) mass is 1230 g/mol. The van der Waals surface area contributed by atoms with Gasteiger partial charge in [-0.1, -0.05) is 224 Å². The number of aryl methyl sites for hydroxylation is 1. The van der Waals surface area contributed by atoms with Crippen molar-refractivity contribution >= 4 is 70.5 Å². The quantitative estimate of drug-likeness (QED) is 0.101. The SMILES string of the molecule is C[Si](C)(C)c1cc(-c2ccccc2)cc([Si](C)(C)C)c1-n1c(-c2[c-]ccc3c2oc2ccccc23)nc2ccccc21.[2H]C([2H])([2H])c1c[c-]c(-c2nc3ccccc3n2-c2c(C([2H])(C([2H])([2H])[2H])C([2H])([2H])[2H])cccc2C([2H])(C([2H])([2H])[2H])C([2H])([2H])[2H])cc1-c1ccccc1.[Ir]. The van der Waals surface area contributed by atoms with Crippen LogP contribution in [0.15, 0.2) is 192 Å². The molecule has 8 heteroatoms. The van der Waals surface area contributed by atoms with Crippen LogP contribution in [0.2, 0.25) is 39.3 Å². The molecule has 0 atom stereocenters. The van der Waals surface area contributed by atoms with Gasteiger partial charge in [0.1, 0.15) is 5.58 Å². The summed E-state index contributed by atoms with van der Waals surface area (Å²) in [4.78, 5) is 10.00. The second kappa shape index (κ2) is 21.3. The molecule has 0 fully saturated rings. The molecule has 0 aliphatic rings. The van der Waals surface area contributed by atoms with E-state index in [9.17, 15) is 2.74 Å². The molecule has 0 unspecified atom stereocenters. The van der Waals surface area contributed by atoms with E-state index in [0.717, 1.165) is 67.1 Å². The van der Waals surface area contributed by atoms with Crippen LogP contribution in [-0.4, -0.2) is 35.2 Å². The standard InChI is InChI=1S/C37H35N2OSi2.C32H31N2.Ir/c1-41(2,3)33-23-26(25-15-8-7-9-16-25)24-34(42(4,5)6)35(33)39-31-21-12-11-20-30(31)38-37(39)29-19-14-18-28-27-17-10-13-22-32(27)40-36(28)29;1-21(2)26-14-11-15-27(22(3)4)31(26)34-30-17-10-9-16-29(30)33-32(34)25-19-18-23(5)28(20-25)24-12-7-6-8-13-24;/h7-18,20-24H,1-6H3;6-18,20-22H,1-5H3;/q2*-1;/i;1D3,2D3,3D3,4D3,5D3,21D,22D;. The Hall–Kier alpha value is -7.20. The Kier molecular flexibility index (Phi) is 9.97. The largest absolute Gasteiger partial charge is 0.501 e. The van der Waals surface area contributed by atoms with Crippen LogP contribution in [-0.2, 0) is 20.1 Å². The Morgan fingerprint density at radius 3 is 1.68 bits per heavy atom. The van der Waals surface area contributed by atoms with Gasteiger partial charge in [0.05, 0.1) is 55.4 Å². The minimum atomic E-state index is -3.61. The van der Waals surface area contributed by atoms with Crippen LogP contribution in [0.3, 0.4) is 0 Å². The summed E-state index contributed by atoms with van der Waals surface area (Å²) in [5.41, 5.74) is 7.30. The molecule has 3 heterocycles. The Morgan fingerprint density at radius 2 is 1.08 bits per heavy atom. The first-order chi connectivity index (χ1) is 43.4. The third kappa shape index (κ3) is 10.0. The number of fused-ring (bicyclic) bond motifs is 5. The minimum absolute atomic E-state index is 0. The van der Waals surface area contributed by atoms with Crippen LogP contribution >= 0.6 is 0 Å². The number of imidazole rings is 2. The molecule has 12 rings (SSSR count). The van der Waals surface area contributed by atoms with E-state index in [-0.39, 0.29) is 53.7 Å². The van der Waals surface area contributed by atoms with Crippen molar-refractivity contribution in [2.75, 3.05) is 0 Å². The van der Waals surface area contributed by atoms with Gasteiger partial charge in [0, 0.05) is 60.2 Å². The molecule has 0 amide bonds. The van der Waals surface area contributed by atoms with E-state index >= 15 is 0 Å². The predicted molar refractivity (Wildman–Crippen MR) is 328 cm³/mol. The zero-order valence-electron chi connectivity index (χ0n) is 60.4. The van der Waals surface area contributed by atoms with E-state index in [1.165, 1.54) is 51.5 Å². The van der Waals surface area contributed by atoms with Crippen LogP contribution < -0.4 is 10.4 Å². The van der Waals surface area contributed by atoms with Crippen molar-refractivity contribution in [1.82, 2.24) is 19.1 Å². The number of aromatic nitrogens is 4. The first-order valence-corrected chi connectivity index (χ1v) is 32.2. The van der Waals surface area contributed by atoms with E-state index in [4.69, 9.17) is 30.0 Å². The van der Waals surface area contributed by atoms with E-state index in [1.54, 1.807) is 42.5 Å². The Morgan fingerprint density at radius 1 is 0.532 bits per heavy atom. The molecule has 0 N–H and O–H groups in total. The summed E-state index contributed by atoms with van der Waals surface area (Å²) in [6, 6.07) is 63.4. The molecular weight excluding hydrogens is 1150 g/mol. The molecule has 0 saturated heterocycles. The van der Waals surface area contributed by atoms with Gasteiger partial charge in [-0.3, -0.25) is 9.97 Å². The Bertz CT molecular complexity index is 4690. The van der Waals surface area contributed by atoms with Gasteiger partial charge in [0.25, 0.3) is 0 Å². The number of hydrogen-bond acceptors (Lipinski definition) is 3. The number of benzene rings is 9. The summed E-state index contributed by atoms with van der Waals surface area (Å²) in [5.74, 6) is -6.27. The van der Waals surface area contributed by atoms with Gasteiger partial charge in [0.2, 0.25) is 0 Å². The van der Waals surface area contributed by atoms with Crippen molar-refractivity contribution in [1.29, 1.82) is 0 Å². The van der Waals surface area contributed by atoms with E-state index in [1.807, 2.05) is 18.2 Å². The van der Waals surface area contributed by atoms with Crippen LogP contribution in [0, 0.1) is 19.0 Å². The van der Waals surface area contributed by atoms with Crippen molar-refractivity contribution < 1.29 is 47.8 Å². The van der Waals surface area contributed by atoms with Gasteiger partial charge >= 0.3 is 0 Å². The van der Waals surface area contributed by atoms with E-state index in [2.05, 4.69) is 146 Å². The molecule has 0 aliphatic heterocycles. The van der Waals surface area contributed by atoms with Gasteiger partial charge in [0.15, 0.2) is 0 Å². The molecule has 387 valence electrons. The van der Waals surface area contributed by atoms with Crippen LogP contribution in [0.4, 0.5) is 0 Å². The van der Waals surface area contributed by atoms with Crippen LogP contribution in [0.1, 0.15) is 79.2 Å².